The fourth-order valence-corrected chi connectivity index (χ4v) is 2.28. The zero-order chi connectivity index (χ0) is 13.7. The summed E-state index contributed by atoms with van der Waals surface area (Å²) in [4.78, 5) is 12.6. The smallest absolute Gasteiger partial charge is 0.259 e. The van der Waals surface area contributed by atoms with E-state index in [1.165, 1.54) is 0 Å². The lowest BCUT2D eigenvalue weighted by Crippen LogP contribution is -2.49. The van der Waals surface area contributed by atoms with Crippen LogP contribution in [0.4, 0.5) is 5.69 Å². The van der Waals surface area contributed by atoms with Crippen molar-refractivity contribution in [3.05, 3.63) is 30.3 Å². The molecule has 4 nitrogen and oxygen atoms in total. The number of carbonyl (C=O) groups is 1. The number of carbonyl (C=O) groups excluding carboxylic acids is 1. The Kier molecular flexibility index (Phi) is 4.80. The van der Waals surface area contributed by atoms with Gasteiger partial charge in [-0.05, 0) is 24.5 Å². The third-order valence-electron chi connectivity index (χ3n) is 3.70. The largest absolute Gasteiger partial charge is 0.373 e. The fraction of sp³-hybridized carbons (Fsp3) is 0.533. The van der Waals surface area contributed by atoms with Crippen LogP contribution in [0.25, 0.3) is 0 Å². The second-order valence-electron chi connectivity index (χ2n) is 5.13. The molecule has 0 spiro atoms. The molecule has 0 radical (unpaired) electrons. The van der Waals surface area contributed by atoms with Gasteiger partial charge in [0, 0.05) is 18.8 Å². The molecule has 0 saturated carbocycles. The van der Waals surface area contributed by atoms with E-state index in [1.54, 1.807) is 5.01 Å². The van der Waals surface area contributed by atoms with E-state index in [4.69, 9.17) is 0 Å². The van der Waals surface area contributed by atoms with E-state index < -0.39 is 0 Å². The number of hydrazine groups is 1. The van der Waals surface area contributed by atoms with Crippen molar-refractivity contribution < 1.29 is 4.79 Å². The van der Waals surface area contributed by atoms with Gasteiger partial charge in [-0.2, -0.15) is 0 Å². The fourth-order valence-electron chi connectivity index (χ4n) is 2.28. The Morgan fingerprint density at radius 2 is 2.16 bits per heavy atom. The summed E-state index contributed by atoms with van der Waals surface area (Å²) in [6, 6.07) is 9.77. The molecule has 4 heteroatoms. The lowest BCUT2D eigenvalue weighted by atomic mass is 9.97. The first-order valence-corrected chi connectivity index (χ1v) is 7.09. The first-order chi connectivity index (χ1) is 9.22. The lowest BCUT2D eigenvalue weighted by molar-refractivity contribution is -0.134. The van der Waals surface area contributed by atoms with Crippen molar-refractivity contribution in [2.45, 2.75) is 32.7 Å². The normalized spacial score (nSPS) is 18.1. The highest BCUT2D eigenvalue weighted by Crippen LogP contribution is 2.17. The van der Waals surface area contributed by atoms with Crippen LogP contribution in [-0.2, 0) is 4.79 Å². The van der Waals surface area contributed by atoms with Crippen LogP contribution in [0.15, 0.2) is 30.3 Å². The van der Waals surface area contributed by atoms with Gasteiger partial charge in [0.15, 0.2) is 0 Å². The summed E-state index contributed by atoms with van der Waals surface area (Å²) in [5.74, 6) is 0.450. The van der Waals surface area contributed by atoms with Crippen LogP contribution >= 0.6 is 0 Å². The van der Waals surface area contributed by atoms with Crippen LogP contribution in [0.2, 0.25) is 0 Å². The monoisotopic (exact) mass is 261 g/mol. The van der Waals surface area contributed by atoms with Crippen molar-refractivity contribution >= 4 is 11.6 Å². The molecular weight excluding hydrogens is 238 g/mol. The van der Waals surface area contributed by atoms with Gasteiger partial charge in [-0.3, -0.25) is 9.80 Å². The molecule has 2 N–H and O–H groups in total. The Morgan fingerprint density at radius 1 is 1.42 bits per heavy atom. The molecule has 2 unspecified atom stereocenters. The number of benzene rings is 1. The third kappa shape index (κ3) is 3.47. The van der Waals surface area contributed by atoms with Crippen LogP contribution < -0.4 is 10.7 Å². The maximum Gasteiger partial charge on any atom is 0.259 e. The van der Waals surface area contributed by atoms with Crippen LogP contribution in [0.1, 0.15) is 26.7 Å². The molecule has 0 bridgehead atoms. The van der Waals surface area contributed by atoms with E-state index in [-0.39, 0.29) is 11.9 Å². The maximum absolute atomic E-state index is 12.6. The van der Waals surface area contributed by atoms with E-state index >= 15 is 0 Å². The number of hydrogen-bond acceptors (Lipinski definition) is 3. The number of amides is 1. The van der Waals surface area contributed by atoms with Crippen LogP contribution in [0.5, 0.6) is 0 Å². The van der Waals surface area contributed by atoms with Crippen LogP contribution in [-0.4, -0.2) is 30.0 Å². The SMILES string of the molecule is CCC(C)C(Nc1ccccc1)C(=O)N1CCCN1. The second-order valence-corrected chi connectivity index (χ2v) is 5.13. The zero-order valence-electron chi connectivity index (χ0n) is 11.7. The van der Waals surface area contributed by atoms with Gasteiger partial charge in [0.2, 0.25) is 0 Å². The molecule has 0 aromatic heterocycles. The standard InChI is InChI=1S/C15H23N3O/c1-3-12(2)14(15(19)18-11-7-10-16-18)17-13-8-5-4-6-9-13/h4-6,8-9,12,14,16-17H,3,7,10-11H2,1-2H3. The van der Waals surface area contributed by atoms with Gasteiger partial charge in [-0.15, -0.1) is 0 Å². The maximum atomic E-state index is 12.6. The number of hydrogen-bond donors (Lipinski definition) is 2. The van der Waals surface area contributed by atoms with Gasteiger partial charge in [-0.25, -0.2) is 5.43 Å². The van der Waals surface area contributed by atoms with Crippen molar-refractivity contribution in [3.63, 3.8) is 0 Å². The minimum atomic E-state index is -0.169. The molecular formula is C15H23N3O. The topological polar surface area (TPSA) is 44.4 Å². The first kappa shape index (κ1) is 13.9. The summed E-state index contributed by atoms with van der Waals surface area (Å²) < 4.78 is 0. The molecule has 1 aromatic carbocycles. The van der Waals surface area contributed by atoms with Gasteiger partial charge in [0.05, 0.1) is 0 Å². The molecule has 2 rings (SSSR count). The molecule has 1 fully saturated rings. The molecule has 19 heavy (non-hydrogen) atoms. The molecule has 104 valence electrons. The highest BCUT2D eigenvalue weighted by atomic mass is 16.2. The summed E-state index contributed by atoms with van der Waals surface area (Å²) >= 11 is 0. The minimum absolute atomic E-state index is 0.149. The number of nitrogens with one attached hydrogen (secondary N) is 2. The zero-order valence-corrected chi connectivity index (χ0v) is 11.7. The number of anilines is 1. The Labute approximate surface area is 115 Å². The van der Waals surface area contributed by atoms with Crippen LogP contribution in [0.3, 0.4) is 0 Å². The Bertz CT molecular complexity index is 401. The van der Waals surface area contributed by atoms with Crippen molar-refractivity contribution in [1.82, 2.24) is 10.4 Å². The predicted molar refractivity (Wildman–Crippen MR) is 77.6 cm³/mol. The average molecular weight is 261 g/mol. The van der Waals surface area contributed by atoms with Gasteiger partial charge in [0.25, 0.3) is 5.91 Å². The van der Waals surface area contributed by atoms with Crippen molar-refractivity contribution in [1.29, 1.82) is 0 Å². The van der Waals surface area contributed by atoms with Gasteiger partial charge < -0.3 is 5.32 Å². The summed E-state index contributed by atoms with van der Waals surface area (Å²) in [5.41, 5.74) is 4.15. The van der Waals surface area contributed by atoms with E-state index in [9.17, 15) is 4.79 Å². The summed E-state index contributed by atoms with van der Waals surface area (Å²) in [5, 5.41) is 5.13. The van der Waals surface area contributed by atoms with Crippen LogP contribution in [0, 0.1) is 5.92 Å². The number of nitrogens with zero attached hydrogens (tertiary/aromatic N) is 1. The summed E-state index contributed by atoms with van der Waals surface area (Å²) in [6.45, 7) is 5.94. The molecule has 0 aliphatic carbocycles. The molecule has 2 atom stereocenters. The highest BCUT2D eigenvalue weighted by Gasteiger charge is 2.29. The van der Waals surface area contributed by atoms with Gasteiger partial charge in [0.1, 0.15) is 6.04 Å². The Hall–Kier alpha value is -1.55. The molecule has 1 aliphatic heterocycles. The lowest BCUT2D eigenvalue weighted by Gasteiger charge is -2.28. The second kappa shape index (κ2) is 6.57. The predicted octanol–water partition coefficient (Wildman–Crippen LogP) is 2.25. The summed E-state index contributed by atoms with van der Waals surface area (Å²) in [7, 11) is 0. The average Bonchev–Trinajstić information content (AvgIpc) is 2.98. The van der Waals surface area contributed by atoms with E-state index in [1.807, 2.05) is 30.3 Å². The third-order valence-corrected chi connectivity index (χ3v) is 3.70. The first-order valence-electron chi connectivity index (χ1n) is 7.09. The highest BCUT2D eigenvalue weighted by molar-refractivity contribution is 5.84. The molecule has 1 aliphatic rings. The van der Waals surface area contributed by atoms with Crippen molar-refractivity contribution in [3.8, 4) is 0 Å². The van der Waals surface area contributed by atoms with Gasteiger partial charge in [-0.1, -0.05) is 38.5 Å². The van der Waals surface area contributed by atoms with Crippen molar-refractivity contribution in [2.75, 3.05) is 18.4 Å². The quantitative estimate of drug-likeness (QED) is 0.854. The Morgan fingerprint density at radius 3 is 2.74 bits per heavy atom. The molecule has 1 saturated heterocycles. The van der Waals surface area contributed by atoms with E-state index in [0.717, 1.165) is 31.6 Å². The van der Waals surface area contributed by atoms with E-state index in [0.29, 0.717) is 5.92 Å². The molecule has 1 heterocycles. The van der Waals surface area contributed by atoms with E-state index in [2.05, 4.69) is 24.6 Å². The number of rotatable bonds is 5. The molecule has 1 amide bonds. The summed E-state index contributed by atoms with van der Waals surface area (Å²) in [6.07, 6.45) is 2.01. The number of para-hydroxylation sites is 1. The molecule has 1 aromatic rings. The van der Waals surface area contributed by atoms with Gasteiger partial charge >= 0.3 is 0 Å². The van der Waals surface area contributed by atoms with Crippen molar-refractivity contribution in [2.24, 2.45) is 5.92 Å². The Balaban J connectivity index is 2.09. The minimum Gasteiger partial charge on any atom is -0.373 e.